The molecule has 0 spiro atoms. The van der Waals surface area contributed by atoms with Gasteiger partial charge in [-0.2, -0.15) is 0 Å². The van der Waals surface area contributed by atoms with Gasteiger partial charge in [-0.25, -0.2) is 0 Å². The van der Waals surface area contributed by atoms with Crippen LogP contribution in [0.15, 0.2) is 83.4 Å². The number of hydrogen-bond acceptors (Lipinski definition) is 5. The van der Waals surface area contributed by atoms with Gasteiger partial charge in [0.15, 0.2) is 5.76 Å². The molecule has 0 N–H and O–H groups in total. The van der Waals surface area contributed by atoms with Crippen molar-refractivity contribution in [3.8, 4) is 22.5 Å². The van der Waals surface area contributed by atoms with Crippen molar-refractivity contribution in [2.45, 2.75) is 64.3 Å². The van der Waals surface area contributed by atoms with E-state index in [1.807, 2.05) is 6.92 Å². The minimum Gasteiger partial charge on any atom is -0.466 e. The fourth-order valence-corrected chi connectivity index (χ4v) is 6.37. The average molecular weight is 549 g/mol. The van der Waals surface area contributed by atoms with E-state index in [4.69, 9.17) is 9.26 Å². The standard InChI is InChI=1S/C36H40N2O3/c1-3-40-34(39)24-36(19-20-36)32-15-13-30(14-16-32)29-9-11-31(12-10-29)35-33(26(2)37-41-35)23-27-17-21-38(22-18-27)25-28-7-5-4-6-8-28/h4-16,27H,3,17-25H2,1-2H3. The molecular formula is C36H40N2O3. The zero-order chi connectivity index (χ0) is 28.2. The lowest BCUT2D eigenvalue weighted by Crippen LogP contribution is -2.33. The molecule has 212 valence electrons. The number of rotatable bonds is 10. The van der Waals surface area contributed by atoms with E-state index in [9.17, 15) is 4.79 Å². The molecule has 5 heteroatoms. The maximum Gasteiger partial charge on any atom is 0.306 e. The highest BCUT2D eigenvalue weighted by Gasteiger charge is 2.46. The quantitative estimate of drug-likeness (QED) is 0.190. The van der Waals surface area contributed by atoms with Crippen LogP contribution in [0.1, 0.15) is 61.4 Å². The Kier molecular flexibility index (Phi) is 8.06. The van der Waals surface area contributed by atoms with Crippen LogP contribution >= 0.6 is 0 Å². The van der Waals surface area contributed by atoms with E-state index in [1.54, 1.807) is 0 Å². The van der Waals surface area contributed by atoms with Gasteiger partial charge in [0.05, 0.1) is 18.7 Å². The van der Waals surface area contributed by atoms with Crippen LogP contribution in [-0.4, -0.2) is 35.7 Å². The van der Waals surface area contributed by atoms with Crippen LogP contribution in [-0.2, 0) is 27.9 Å². The molecule has 41 heavy (non-hydrogen) atoms. The van der Waals surface area contributed by atoms with Crippen molar-refractivity contribution in [2.75, 3.05) is 19.7 Å². The first-order valence-corrected chi connectivity index (χ1v) is 15.1. The molecule has 1 saturated carbocycles. The summed E-state index contributed by atoms with van der Waals surface area (Å²) >= 11 is 0. The molecule has 2 heterocycles. The Labute approximate surface area is 243 Å². The third-order valence-electron chi connectivity index (χ3n) is 9.05. The van der Waals surface area contributed by atoms with Gasteiger partial charge in [0, 0.05) is 23.1 Å². The zero-order valence-corrected chi connectivity index (χ0v) is 24.3. The Bertz CT molecular complexity index is 1450. The summed E-state index contributed by atoms with van der Waals surface area (Å²) in [6.07, 6.45) is 5.98. The molecule has 3 aromatic carbocycles. The number of carbonyl (C=O) groups is 1. The number of likely N-dealkylation sites (tertiary alicyclic amines) is 1. The normalized spacial score (nSPS) is 16.9. The molecule has 0 bridgehead atoms. The molecule has 1 saturated heterocycles. The molecule has 0 amide bonds. The van der Waals surface area contributed by atoms with E-state index in [2.05, 4.69) is 95.8 Å². The number of esters is 1. The number of aryl methyl sites for hydroxylation is 1. The second-order valence-corrected chi connectivity index (χ2v) is 11.9. The first-order valence-electron chi connectivity index (χ1n) is 15.1. The summed E-state index contributed by atoms with van der Waals surface area (Å²) in [5.74, 6) is 1.46. The number of carbonyl (C=O) groups excluding carboxylic acids is 1. The van der Waals surface area contributed by atoms with Crippen molar-refractivity contribution >= 4 is 5.97 Å². The lowest BCUT2D eigenvalue weighted by atomic mass is 9.88. The molecule has 0 radical (unpaired) electrons. The summed E-state index contributed by atoms with van der Waals surface area (Å²) in [6.45, 7) is 7.67. The van der Waals surface area contributed by atoms with E-state index in [0.29, 0.717) is 18.9 Å². The SMILES string of the molecule is CCOC(=O)CC1(c2ccc(-c3ccc(-c4onc(C)c4CC4CCN(Cc5ccccc5)CC4)cc3)cc2)CC1. The second kappa shape index (κ2) is 12.0. The van der Waals surface area contributed by atoms with Gasteiger partial charge in [0.25, 0.3) is 0 Å². The van der Waals surface area contributed by atoms with E-state index < -0.39 is 0 Å². The molecule has 0 atom stereocenters. The van der Waals surface area contributed by atoms with Crippen molar-refractivity contribution < 1.29 is 14.1 Å². The van der Waals surface area contributed by atoms with Crippen LogP contribution < -0.4 is 0 Å². The minimum absolute atomic E-state index is 0.0340. The Morgan fingerprint density at radius 2 is 1.56 bits per heavy atom. The van der Waals surface area contributed by atoms with Crippen molar-refractivity contribution in [1.29, 1.82) is 0 Å². The van der Waals surface area contributed by atoms with Gasteiger partial charge in [0.2, 0.25) is 0 Å². The maximum atomic E-state index is 12.1. The van der Waals surface area contributed by atoms with E-state index in [1.165, 1.54) is 40.7 Å². The molecule has 6 rings (SSSR count). The highest BCUT2D eigenvalue weighted by Crippen LogP contribution is 2.51. The number of benzene rings is 3. The second-order valence-electron chi connectivity index (χ2n) is 11.9. The summed E-state index contributed by atoms with van der Waals surface area (Å²) in [4.78, 5) is 14.7. The molecule has 5 nitrogen and oxygen atoms in total. The van der Waals surface area contributed by atoms with Crippen LogP contribution in [0, 0.1) is 12.8 Å². The summed E-state index contributed by atoms with van der Waals surface area (Å²) < 4.78 is 11.1. The molecule has 2 aliphatic rings. The van der Waals surface area contributed by atoms with Crippen LogP contribution in [0.3, 0.4) is 0 Å². The lowest BCUT2D eigenvalue weighted by molar-refractivity contribution is -0.143. The van der Waals surface area contributed by atoms with Gasteiger partial charge in [0.1, 0.15) is 0 Å². The van der Waals surface area contributed by atoms with Crippen molar-refractivity contribution in [1.82, 2.24) is 10.1 Å². The van der Waals surface area contributed by atoms with Gasteiger partial charge in [-0.1, -0.05) is 84.0 Å². The van der Waals surface area contributed by atoms with Crippen LogP contribution in [0.25, 0.3) is 22.5 Å². The largest absolute Gasteiger partial charge is 0.466 e. The first kappa shape index (κ1) is 27.5. The monoisotopic (exact) mass is 548 g/mol. The molecule has 4 aromatic rings. The fourth-order valence-electron chi connectivity index (χ4n) is 6.37. The summed E-state index contributed by atoms with van der Waals surface area (Å²) in [6, 6.07) is 28.1. The van der Waals surface area contributed by atoms with Crippen LogP contribution in [0.4, 0.5) is 0 Å². The molecule has 1 aromatic heterocycles. The van der Waals surface area contributed by atoms with E-state index in [0.717, 1.165) is 55.9 Å². The Balaban J connectivity index is 1.09. The summed E-state index contributed by atoms with van der Waals surface area (Å²) in [7, 11) is 0. The molecule has 2 fully saturated rings. The minimum atomic E-state index is -0.0970. The highest BCUT2D eigenvalue weighted by molar-refractivity contribution is 5.73. The van der Waals surface area contributed by atoms with Gasteiger partial charge >= 0.3 is 5.97 Å². The zero-order valence-electron chi connectivity index (χ0n) is 24.3. The predicted molar refractivity (Wildman–Crippen MR) is 162 cm³/mol. The molecule has 0 unspecified atom stereocenters. The van der Waals surface area contributed by atoms with Gasteiger partial charge in [-0.3, -0.25) is 9.69 Å². The van der Waals surface area contributed by atoms with Crippen LogP contribution in [0.2, 0.25) is 0 Å². The van der Waals surface area contributed by atoms with Crippen molar-refractivity contribution in [2.24, 2.45) is 5.92 Å². The third kappa shape index (κ3) is 6.31. The van der Waals surface area contributed by atoms with E-state index >= 15 is 0 Å². The van der Waals surface area contributed by atoms with Gasteiger partial charge < -0.3 is 9.26 Å². The maximum absolute atomic E-state index is 12.1. The number of nitrogens with zero attached hydrogens (tertiary/aromatic N) is 2. The number of ether oxygens (including phenoxy) is 1. The highest BCUT2D eigenvalue weighted by atomic mass is 16.5. The number of hydrogen-bond donors (Lipinski definition) is 0. The third-order valence-corrected chi connectivity index (χ3v) is 9.05. The first-order chi connectivity index (χ1) is 20.0. The number of piperidine rings is 1. The van der Waals surface area contributed by atoms with Gasteiger partial charge in [-0.15, -0.1) is 0 Å². The topological polar surface area (TPSA) is 55.6 Å². The Hall–Kier alpha value is -3.70. The fraction of sp³-hybridized carbons (Fsp3) is 0.389. The van der Waals surface area contributed by atoms with E-state index in [-0.39, 0.29) is 11.4 Å². The Morgan fingerprint density at radius 1 is 0.927 bits per heavy atom. The van der Waals surface area contributed by atoms with Gasteiger partial charge in [-0.05, 0) is 87.2 Å². The Morgan fingerprint density at radius 3 is 2.20 bits per heavy atom. The van der Waals surface area contributed by atoms with Crippen LogP contribution in [0.5, 0.6) is 0 Å². The number of aromatic nitrogens is 1. The molecule has 1 aliphatic heterocycles. The molecule has 1 aliphatic carbocycles. The lowest BCUT2D eigenvalue weighted by Gasteiger charge is -2.32. The summed E-state index contributed by atoms with van der Waals surface area (Å²) in [5, 5.41) is 4.36. The molecular weight excluding hydrogens is 508 g/mol. The summed E-state index contributed by atoms with van der Waals surface area (Å²) in [5.41, 5.74) is 8.26. The van der Waals surface area contributed by atoms with Crippen molar-refractivity contribution in [3.63, 3.8) is 0 Å². The smallest absolute Gasteiger partial charge is 0.306 e. The van der Waals surface area contributed by atoms with Crippen molar-refractivity contribution in [3.05, 3.63) is 101 Å². The average Bonchev–Trinajstić information content (AvgIpc) is 3.69. The predicted octanol–water partition coefficient (Wildman–Crippen LogP) is 7.76.